The van der Waals surface area contributed by atoms with Crippen molar-refractivity contribution in [2.75, 3.05) is 5.43 Å². The molecule has 0 fully saturated rings. The quantitative estimate of drug-likeness (QED) is 0.426. The van der Waals surface area contributed by atoms with Gasteiger partial charge in [-0.25, -0.2) is 4.98 Å². The van der Waals surface area contributed by atoms with Gasteiger partial charge in [0.05, 0.1) is 21.5 Å². The maximum Gasteiger partial charge on any atom is 0.269 e. The highest BCUT2D eigenvalue weighted by molar-refractivity contribution is 6.10. The molecule has 0 unspecified atom stereocenters. The lowest BCUT2D eigenvalue weighted by atomic mass is 10.2. The third-order valence-electron chi connectivity index (χ3n) is 3.32. The lowest BCUT2D eigenvalue weighted by molar-refractivity contribution is -0.384. The molecule has 0 saturated carbocycles. The Morgan fingerprint density at radius 3 is 2.64 bits per heavy atom. The molecule has 0 saturated heterocycles. The lowest BCUT2D eigenvalue weighted by Gasteiger charge is -2.03. The van der Waals surface area contributed by atoms with Crippen molar-refractivity contribution in [2.45, 2.75) is 0 Å². The molecule has 0 aliphatic heterocycles. The average molecular weight is 334 g/mol. The summed E-state index contributed by atoms with van der Waals surface area (Å²) in [6, 6.07) is 14.1. The van der Waals surface area contributed by atoms with Crippen molar-refractivity contribution < 1.29 is 4.92 Å². The largest absolute Gasteiger partial charge is 0.304 e. The minimum Gasteiger partial charge on any atom is -0.304 e. The Morgan fingerprint density at radius 2 is 1.96 bits per heavy atom. The molecule has 9 heteroatoms. The van der Waals surface area contributed by atoms with E-state index in [2.05, 4.69) is 20.5 Å². The molecule has 0 atom stereocenters. The number of non-ortho nitro benzene ring substituents is 1. The number of hydrogen-bond donors (Lipinski definition) is 2. The second-order valence-electron chi connectivity index (χ2n) is 4.92. The average Bonchev–Trinajstić information content (AvgIpc) is 2.63. The van der Waals surface area contributed by atoms with Crippen molar-refractivity contribution in [3.05, 3.63) is 74.8 Å². The Balaban J connectivity index is 1.92. The van der Waals surface area contributed by atoms with E-state index in [0.717, 1.165) is 0 Å². The summed E-state index contributed by atoms with van der Waals surface area (Å²) in [6.07, 6.45) is 0. The van der Waals surface area contributed by atoms with E-state index in [4.69, 9.17) is 0 Å². The molecule has 0 bridgehead atoms. The Labute approximate surface area is 140 Å². The van der Waals surface area contributed by atoms with Crippen molar-refractivity contribution in [1.29, 1.82) is 5.26 Å². The van der Waals surface area contributed by atoms with Gasteiger partial charge in [-0.2, -0.15) is 10.4 Å². The number of rotatable bonds is 4. The normalized spacial score (nSPS) is 11.1. The van der Waals surface area contributed by atoms with Gasteiger partial charge in [-0.15, -0.1) is 0 Å². The predicted octanol–water partition coefficient (Wildman–Crippen LogP) is 2.17. The molecule has 122 valence electrons. The van der Waals surface area contributed by atoms with Crippen LogP contribution in [0.25, 0.3) is 10.9 Å². The van der Waals surface area contributed by atoms with Crippen molar-refractivity contribution >= 4 is 28.0 Å². The highest BCUT2D eigenvalue weighted by Crippen LogP contribution is 2.15. The van der Waals surface area contributed by atoms with E-state index >= 15 is 0 Å². The van der Waals surface area contributed by atoms with Crippen LogP contribution >= 0.6 is 0 Å². The topological polar surface area (TPSA) is 137 Å². The number of hydrogen-bond acceptors (Lipinski definition) is 7. The molecule has 1 aromatic heterocycles. The maximum atomic E-state index is 12.1. The molecule has 0 aliphatic rings. The summed E-state index contributed by atoms with van der Waals surface area (Å²) in [4.78, 5) is 28.9. The van der Waals surface area contributed by atoms with Gasteiger partial charge < -0.3 is 4.98 Å². The first-order chi connectivity index (χ1) is 12.1. The fourth-order valence-corrected chi connectivity index (χ4v) is 2.11. The minimum absolute atomic E-state index is 0.0283. The summed E-state index contributed by atoms with van der Waals surface area (Å²) in [7, 11) is 0. The number of nitriles is 1. The van der Waals surface area contributed by atoms with Gasteiger partial charge in [-0.3, -0.25) is 20.3 Å². The number of fused-ring (bicyclic) bond motifs is 1. The third kappa shape index (κ3) is 3.32. The summed E-state index contributed by atoms with van der Waals surface area (Å²) >= 11 is 0. The fourth-order valence-electron chi connectivity index (χ4n) is 2.11. The standard InChI is InChI=1S/C16H10N6O3/c17-9-14(21-20-10-5-7-11(8-6-10)22(24)25)15-18-13-4-2-1-3-12(13)16(23)19-15/h1-8,20H,(H,18,19,23). The van der Waals surface area contributed by atoms with Gasteiger partial charge in [0.15, 0.2) is 5.82 Å². The van der Waals surface area contributed by atoms with Gasteiger partial charge in [0.1, 0.15) is 6.07 Å². The molecular weight excluding hydrogens is 324 g/mol. The monoisotopic (exact) mass is 334 g/mol. The van der Waals surface area contributed by atoms with Crippen LogP contribution in [0.4, 0.5) is 11.4 Å². The molecule has 3 aromatic rings. The van der Waals surface area contributed by atoms with Gasteiger partial charge in [0, 0.05) is 12.1 Å². The van der Waals surface area contributed by atoms with Crippen molar-refractivity contribution in [2.24, 2.45) is 5.10 Å². The number of anilines is 1. The zero-order valence-corrected chi connectivity index (χ0v) is 12.6. The summed E-state index contributed by atoms with van der Waals surface area (Å²) in [6.45, 7) is 0. The molecule has 2 aromatic carbocycles. The zero-order chi connectivity index (χ0) is 17.8. The van der Waals surface area contributed by atoms with Gasteiger partial charge in [-0.1, -0.05) is 12.1 Å². The third-order valence-corrected chi connectivity index (χ3v) is 3.32. The van der Waals surface area contributed by atoms with E-state index in [9.17, 15) is 20.2 Å². The number of hydrazone groups is 1. The van der Waals surface area contributed by atoms with E-state index in [1.165, 1.54) is 24.3 Å². The van der Waals surface area contributed by atoms with Crippen LogP contribution < -0.4 is 11.0 Å². The smallest absolute Gasteiger partial charge is 0.269 e. The Hall–Kier alpha value is -4.06. The number of para-hydroxylation sites is 1. The van der Waals surface area contributed by atoms with Crippen LogP contribution in [-0.4, -0.2) is 20.6 Å². The first kappa shape index (κ1) is 15.8. The van der Waals surface area contributed by atoms with E-state index in [1.54, 1.807) is 24.3 Å². The molecule has 25 heavy (non-hydrogen) atoms. The number of nitro groups is 1. The van der Waals surface area contributed by atoms with Gasteiger partial charge >= 0.3 is 0 Å². The first-order valence-electron chi connectivity index (χ1n) is 7.06. The predicted molar refractivity (Wildman–Crippen MR) is 91.2 cm³/mol. The summed E-state index contributed by atoms with van der Waals surface area (Å²) in [5.41, 5.74) is 2.94. The van der Waals surface area contributed by atoms with Crippen LogP contribution in [0.5, 0.6) is 0 Å². The molecule has 0 amide bonds. The Bertz CT molecular complexity index is 1080. The fraction of sp³-hybridized carbons (Fsp3) is 0. The SMILES string of the molecule is N#CC(=NNc1ccc([N+](=O)[O-])cc1)c1nc2ccccc2c(=O)[nH]1. The molecule has 0 aliphatic carbocycles. The molecular formula is C16H10N6O3. The second kappa shape index (κ2) is 6.59. The Kier molecular flexibility index (Phi) is 4.17. The number of nitrogens with zero attached hydrogens (tertiary/aromatic N) is 4. The highest BCUT2D eigenvalue weighted by Gasteiger charge is 2.10. The minimum atomic E-state index is -0.516. The van der Waals surface area contributed by atoms with Crippen LogP contribution in [0.15, 0.2) is 58.4 Å². The number of benzene rings is 2. The first-order valence-corrected chi connectivity index (χ1v) is 7.06. The summed E-state index contributed by atoms with van der Waals surface area (Å²) in [5.74, 6) is 0.0283. The molecule has 0 radical (unpaired) electrons. The molecule has 3 rings (SSSR count). The molecule has 1 heterocycles. The zero-order valence-electron chi connectivity index (χ0n) is 12.6. The van der Waals surface area contributed by atoms with E-state index in [1.807, 2.05) is 6.07 Å². The highest BCUT2D eigenvalue weighted by atomic mass is 16.6. The second-order valence-corrected chi connectivity index (χ2v) is 4.92. The van der Waals surface area contributed by atoms with Crippen LogP contribution in [0.3, 0.4) is 0 Å². The maximum absolute atomic E-state index is 12.1. The number of aromatic amines is 1. The van der Waals surface area contributed by atoms with Gasteiger partial charge in [0.25, 0.3) is 11.2 Å². The number of H-pyrrole nitrogens is 1. The van der Waals surface area contributed by atoms with Crippen molar-refractivity contribution in [1.82, 2.24) is 9.97 Å². The number of nitrogens with one attached hydrogen (secondary N) is 2. The lowest BCUT2D eigenvalue weighted by Crippen LogP contribution is -2.16. The number of aromatic nitrogens is 2. The van der Waals surface area contributed by atoms with E-state index < -0.39 is 4.92 Å². The molecule has 2 N–H and O–H groups in total. The van der Waals surface area contributed by atoms with Gasteiger partial charge in [0.2, 0.25) is 5.71 Å². The van der Waals surface area contributed by atoms with E-state index in [0.29, 0.717) is 16.6 Å². The number of nitro benzene ring substituents is 1. The van der Waals surface area contributed by atoms with Crippen LogP contribution in [0.2, 0.25) is 0 Å². The molecule has 9 nitrogen and oxygen atoms in total. The van der Waals surface area contributed by atoms with Crippen LogP contribution in [0.1, 0.15) is 5.82 Å². The molecule has 0 spiro atoms. The van der Waals surface area contributed by atoms with Crippen LogP contribution in [0, 0.1) is 21.4 Å². The Morgan fingerprint density at radius 1 is 1.24 bits per heavy atom. The van der Waals surface area contributed by atoms with Crippen LogP contribution in [-0.2, 0) is 0 Å². The van der Waals surface area contributed by atoms with Crippen molar-refractivity contribution in [3.63, 3.8) is 0 Å². The van der Waals surface area contributed by atoms with Gasteiger partial charge in [-0.05, 0) is 24.3 Å². The van der Waals surface area contributed by atoms with E-state index in [-0.39, 0.29) is 22.8 Å². The summed E-state index contributed by atoms with van der Waals surface area (Å²) < 4.78 is 0. The van der Waals surface area contributed by atoms with Crippen molar-refractivity contribution in [3.8, 4) is 6.07 Å². The summed E-state index contributed by atoms with van der Waals surface area (Å²) in [5, 5.41) is 24.2.